The van der Waals surface area contributed by atoms with E-state index in [1.807, 2.05) is 24.1 Å². The topological polar surface area (TPSA) is 77.0 Å². The van der Waals surface area contributed by atoms with Gasteiger partial charge in [0, 0.05) is 32.1 Å². The molecule has 2 rings (SSSR count). The van der Waals surface area contributed by atoms with Crippen molar-refractivity contribution in [3.8, 4) is 0 Å². The molecule has 0 atom stereocenters. The van der Waals surface area contributed by atoms with Gasteiger partial charge in [-0.1, -0.05) is 11.6 Å². The Morgan fingerprint density at radius 2 is 2.32 bits per heavy atom. The minimum atomic E-state index is -0.344. The molecular weight excluding hydrogens is 326 g/mol. The minimum Gasteiger partial charge on any atom is -0.354 e. The molecule has 7 nitrogen and oxygen atoms in total. The van der Waals surface area contributed by atoms with E-state index in [0.29, 0.717) is 25.6 Å². The molecule has 1 saturated heterocycles. The van der Waals surface area contributed by atoms with Crippen molar-refractivity contribution in [2.24, 2.45) is 4.99 Å². The van der Waals surface area contributed by atoms with E-state index >= 15 is 0 Å². The molecule has 1 aliphatic heterocycles. The number of imide groups is 1. The number of carbonyl (C=O) groups excluding carboxylic acids is 2. The van der Waals surface area contributed by atoms with Crippen LogP contribution >= 0.6 is 22.9 Å². The van der Waals surface area contributed by atoms with Gasteiger partial charge in [-0.25, -0.2) is 4.79 Å². The SMILES string of the molecule is CN=C(NCCN1C(=O)CNC1=O)N(C)Cc1ccc(Cl)s1. The number of rotatable bonds is 5. The first-order valence-electron chi connectivity index (χ1n) is 6.75. The van der Waals surface area contributed by atoms with Crippen LogP contribution in [0, 0.1) is 0 Å². The van der Waals surface area contributed by atoms with Gasteiger partial charge in [0.2, 0.25) is 5.91 Å². The average molecular weight is 344 g/mol. The third-order valence-corrected chi connectivity index (χ3v) is 4.37. The van der Waals surface area contributed by atoms with Crippen LogP contribution in [0.25, 0.3) is 0 Å². The van der Waals surface area contributed by atoms with Crippen LogP contribution in [-0.2, 0) is 11.3 Å². The number of guanidine groups is 1. The van der Waals surface area contributed by atoms with Crippen LogP contribution in [-0.4, -0.2) is 61.4 Å². The van der Waals surface area contributed by atoms with E-state index in [0.717, 1.165) is 9.21 Å². The third kappa shape index (κ3) is 4.11. The van der Waals surface area contributed by atoms with Gasteiger partial charge in [-0.05, 0) is 12.1 Å². The van der Waals surface area contributed by atoms with Gasteiger partial charge < -0.3 is 15.5 Å². The highest BCUT2D eigenvalue weighted by atomic mass is 35.5. The molecule has 1 aromatic heterocycles. The first kappa shape index (κ1) is 16.6. The number of thiophene rings is 1. The quantitative estimate of drug-likeness (QED) is 0.474. The van der Waals surface area contributed by atoms with E-state index < -0.39 is 0 Å². The summed E-state index contributed by atoms with van der Waals surface area (Å²) in [5.41, 5.74) is 0. The normalized spacial score (nSPS) is 15.2. The summed E-state index contributed by atoms with van der Waals surface area (Å²) in [5.74, 6) is 0.486. The van der Waals surface area contributed by atoms with Crippen molar-refractivity contribution < 1.29 is 9.59 Å². The Balaban J connectivity index is 1.81. The van der Waals surface area contributed by atoms with Crippen LogP contribution in [0.3, 0.4) is 0 Å². The fraction of sp³-hybridized carbons (Fsp3) is 0.462. The fourth-order valence-corrected chi connectivity index (χ4v) is 3.23. The summed E-state index contributed by atoms with van der Waals surface area (Å²) in [6, 6.07) is 3.50. The molecule has 9 heteroatoms. The molecule has 1 aliphatic rings. The van der Waals surface area contributed by atoms with Crippen molar-refractivity contribution in [3.63, 3.8) is 0 Å². The standard InChI is InChI=1S/C13H18ClN5O2S/c1-15-12(18(2)8-9-3-4-10(14)22-9)16-5-6-19-11(20)7-17-13(19)21/h3-4H,5-8H2,1-2H3,(H,15,16)(H,17,21). The van der Waals surface area contributed by atoms with Crippen LogP contribution in [0.15, 0.2) is 17.1 Å². The van der Waals surface area contributed by atoms with Crippen LogP contribution in [0.4, 0.5) is 4.79 Å². The number of halogens is 1. The summed E-state index contributed by atoms with van der Waals surface area (Å²) in [6.07, 6.45) is 0. The van der Waals surface area contributed by atoms with Gasteiger partial charge in [-0.3, -0.25) is 14.7 Å². The van der Waals surface area contributed by atoms with Crippen LogP contribution in [0.5, 0.6) is 0 Å². The highest BCUT2D eigenvalue weighted by molar-refractivity contribution is 7.16. The Hall–Kier alpha value is -1.80. The molecule has 22 heavy (non-hydrogen) atoms. The number of nitrogens with zero attached hydrogens (tertiary/aromatic N) is 3. The second-order valence-corrected chi connectivity index (χ2v) is 6.54. The molecule has 3 amide bonds. The summed E-state index contributed by atoms with van der Waals surface area (Å²) in [7, 11) is 3.60. The van der Waals surface area contributed by atoms with Crippen molar-refractivity contribution >= 4 is 40.8 Å². The molecule has 1 fully saturated rings. The van der Waals surface area contributed by atoms with Gasteiger partial charge in [0.25, 0.3) is 0 Å². The summed E-state index contributed by atoms with van der Waals surface area (Å²) in [5, 5.41) is 5.63. The molecule has 0 aromatic carbocycles. The van der Waals surface area contributed by atoms with Crippen LogP contribution in [0.2, 0.25) is 4.34 Å². The number of carbonyl (C=O) groups is 2. The van der Waals surface area contributed by atoms with Crippen LogP contribution < -0.4 is 10.6 Å². The molecule has 0 radical (unpaired) electrons. The zero-order chi connectivity index (χ0) is 16.1. The summed E-state index contributed by atoms with van der Waals surface area (Å²) in [6.45, 7) is 1.51. The second-order valence-electron chi connectivity index (χ2n) is 4.74. The van der Waals surface area contributed by atoms with E-state index in [4.69, 9.17) is 11.6 Å². The van der Waals surface area contributed by atoms with Gasteiger partial charge in [0.15, 0.2) is 5.96 Å². The number of hydrogen-bond acceptors (Lipinski definition) is 4. The molecule has 2 N–H and O–H groups in total. The monoisotopic (exact) mass is 343 g/mol. The maximum Gasteiger partial charge on any atom is 0.324 e. The average Bonchev–Trinajstić information content (AvgIpc) is 3.02. The second kappa shape index (κ2) is 7.46. The maximum absolute atomic E-state index is 11.5. The Morgan fingerprint density at radius 3 is 2.86 bits per heavy atom. The van der Waals surface area contributed by atoms with Crippen molar-refractivity contribution in [3.05, 3.63) is 21.3 Å². The zero-order valence-corrected chi connectivity index (χ0v) is 14.0. The predicted octanol–water partition coefficient (Wildman–Crippen LogP) is 0.961. The van der Waals surface area contributed by atoms with Crippen molar-refractivity contribution in [2.75, 3.05) is 33.7 Å². The smallest absolute Gasteiger partial charge is 0.324 e. The lowest BCUT2D eigenvalue weighted by molar-refractivity contribution is -0.124. The number of hydrogen-bond donors (Lipinski definition) is 2. The molecule has 0 bridgehead atoms. The molecule has 0 saturated carbocycles. The molecule has 0 aliphatic carbocycles. The molecule has 120 valence electrons. The highest BCUT2D eigenvalue weighted by Gasteiger charge is 2.27. The third-order valence-electron chi connectivity index (χ3n) is 3.15. The summed E-state index contributed by atoms with van der Waals surface area (Å²) in [4.78, 5) is 31.4. The number of nitrogens with one attached hydrogen (secondary N) is 2. The molecule has 1 aromatic rings. The van der Waals surface area contributed by atoms with E-state index in [1.54, 1.807) is 7.05 Å². The first-order valence-corrected chi connectivity index (χ1v) is 7.95. The lowest BCUT2D eigenvalue weighted by atomic mass is 10.4. The highest BCUT2D eigenvalue weighted by Crippen LogP contribution is 2.22. The van der Waals surface area contributed by atoms with Crippen molar-refractivity contribution in [1.29, 1.82) is 0 Å². The van der Waals surface area contributed by atoms with Crippen molar-refractivity contribution in [2.45, 2.75) is 6.54 Å². The summed E-state index contributed by atoms with van der Waals surface area (Å²) >= 11 is 7.44. The Labute approximate surface area is 137 Å². The van der Waals surface area contributed by atoms with Gasteiger partial charge in [-0.2, -0.15) is 0 Å². The van der Waals surface area contributed by atoms with Crippen LogP contribution in [0.1, 0.15) is 4.88 Å². The van der Waals surface area contributed by atoms with Gasteiger partial charge in [0.1, 0.15) is 0 Å². The van der Waals surface area contributed by atoms with Crippen molar-refractivity contribution in [1.82, 2.24) is 20.4 Å². The maximum atomic E-state index is 11.5. The minimum absolute atomic E-state index is 0.0760. The first-order chi connectivity index (χ1) is 10.5. The van der Waals surface area contributed by atoms with Gasteiger partial charge in [0.05, 0.1) is 17.4 Å². The van der Waals surface area contributed by atoms with Gasteiger partial charge in [-0.15, -0.1) is 11.3 Å². The van der Waals surface area contributed by atoms with E-state index in [-0.39, 0.29) is 18.5 Å². The molecular formula is C13H18ClN5O2S. The Morgan fingerprint density at radius 1 is 1.55 bits per heavy atom. The number of amides is 3. The lowest BCUT2D eigenvalue weighted by Crippen LogP contribution is -2.43. The summed E-state index contributed by atoms with van der Waals surface area (Å²) < 4.78 is 0.755. The zero-order valence-electron chi connectivity index (χ0n) is 12.4. The lowest BCUT2D eigenvalue weighted by Gasteiger charge is -2.22. The Bertz CT molecular complexity index is 573. The van der Waals surface area contributed by atoms with E-state index in [2.05, 4.69) is 15.6 Å². The number of urea groups is 1. The number of aliphatic imine (C=N–C) groups is 1. The fourth-order valence-electron chi connectivity index (χ4n) is 2.09. The molecule has 2 heterocycles. The predicted molar refractivity (Wildman–Crippen MR) is 87.3 cm³/mol. The van der Waals surface area contributed by atoms with E-state index in [1.165, 1.54) is 16.2 Å². The van der Waals surface area contributed by atoms with E-state index in [9.17, 15) is 9.59 Å². The van der Waals surface area contributed by atoms with Gasteiger partial charge >= 0.3 is 6.03 Å². The molecule has 0 spiro atoms. The Kier molecular flexibility index (Phi) is 5.62. The largest absolute Gasteiger partial charge is 0.354 e. The molecule has 0 unspecified atom stereocenters.